The number of rotatable bonds is 6. The lowest BCUT2D eigenvalue weighted by Crippen LogP contribution is -2.47. The van der Waals surface area contributed by atoms with Gasteiger partial charge in [0.15, 0.2) is 8.32 Å². The molecule has 0 aliphatic heterocycles. The van der Waals surface area contributed by atoms with Crippen LogP contribution >= 0.6 is 0 Å². The minimum atomic E-state index is -1.68. The van der Waals surface area contributed by atoms with Gasteiger partial charge >= 0.3 is 5.97 Å². The molecule has 0 aromatic heterocycles. The van der Waals surface area contributed by atoms with Gasteiger partial charge in [0.05, 0.1) is 19.1 Å². The second kappa shape index (κ2) is 6.82. The molecule has 2 unspecified atom stereocenters. The largest absolute Gasteiger partial charge is 0.469 e. The van der Waals surface area contributed by atoms with Crippen LogP contribution in [0.1, 0.15) is 59.3 Å². The van der Waals surface area contributed by atoms with E-state index in [9.17, 15) is 4.79 Å². The first kappa shape index (κ1) is 17.0. The van der Waals surface area contributed by atoms with E-state index in [0.717, 1.165) is 31.0 Å². The average molecular weight is 313 g/mol. The van der Waals surface area contributed by atoms with E-state index < -0.39 is 8.32 Å². The molecule has 0 aromatic rings. The maximum Gasteiger partial charge on any atom is 0.311 e. The Labute approximate surface area is 130 Å². The molecule has 2 aliphatic rings. The molecule has 0 bridgehead atoms. The van der Waals surface area contributed by atoms with Crippen LogP contribution in [0.5, 0.6) is 0 Å². The third kappa shape index (κ3) is 3.07. The molecule has 4 heteroatoms. The highest BCUT2D eigenvalue weighted by Crippen LogP contribution is 2.55. The lowest BCUT2D eigenvalue weighted by Gasteiger charge is -2.40. The predicted octanol–water partition coefficient (Wildman–Crippen LogP) is 4.52. The van der Waals surface area contributed by atoms with Crippen LogP contribution in [0, 0.1) is 11.3 Å². The Hall–Kier alpha value is -0.353. The van der Waals surface area contributed by atoms with Crippen molar-refractivity contribution in [3.8, 4) is 0 Å². The fraction of sp³-hybridized carbons (Fsp3) is 0.941. The summed E-state index contributed by atoms with van der Waals surface area (Å²) in [6, 6.07) is 3.46. The minimum absolute atomic E-state index is 0.0235. The van der Waals surface area contributed by atoms with Gasteiger partial charge in [0.1, 0.15) is 0 Å². The maximum atomic E-state index is 12.2. The van der Waals surface area contributed by atoms with Crippen molar-refractivity contribution < 1.29 is 14.0 Å². The summed E-state index contributed by atoms with van der Waals surface area (Å²) in [7, 11) is -0.167. The van der Waals surface area contributed by atoms with Crippen molar-refractivity contribution >= 4 is 14.3 Å². The molecular formula is C17H32O3Si. The van der Waals surface area contributed by atoms with Crippen LogP contribution in [0.25, 0.3) is 0 Å². The van der Waals surface area contributed by atoms with Crippen molar-refractivity contribution in [2.45, 2.75) is 83.5 Å². The summed E-state index contributed by atoms with van der Waals surface area (Å²) in [5, 5.41) is 0. The van der Waals surface area contributed by atoms with E-state index in [1.165, 1.54) is 32.8 Å². The van der Waals surface area contributed by atoms with Crippen LogP contribution < -0.4 is 0 Å². The fourth-order valence-corrected chi connectivity index (χ4v) is 7.60. The van der Waals surface area contributed by atoms with E-state index in [2.05, 4.69) is 20.8 Å². The highest BCUT2D eigenvalue weighted by atomic mass is 28.4. The number of esters is 1. The maximum absolute atomic E-state index is 12.2. The Morgan fingerprint density at radius 1 is 1.10 bits per heavy atom. The topological polar surface area (TPSA) is 35.5 Å². The Morgan fingerprint density at radius 2 is 1.67 bits per heavy atom. The van der Waals surface area contributed by atoms with E-state index in [0.29, 0.717) is 0 Å². The van der Waals surface area contributed by atoms with Crippen LogP contribution in [-0.4, -0.2) is 27.5 Å². The van der Waals surface area contributed by atoms with Crippen LogP contribution in [0.4, 0.5) is 0 Å². The van der Waals surface area contributed by atoms with Crippen LogP contribution in [-0.2, 0) is 14.0 Å². The number of methoxy groups -OCH3 is 1. The molecule has 0 radical (unpaired) electrons. The zero-order chi connectivity index (χ0) is 15.5. The van der Waals surface area contributed by atoms with Crippen molar-refractivity contribution in [1.29, 1.82) is 0 Å². The molecule has 0 aromatic carbocycles. The Morgan fingerprint density at radius 3 is 2.14 bits per heavy atom. The van der Waals surface area contributed by atoms with Gasteiger partial charge in [-0.25, -0.2) is 0 Å². The third-order valence-electron chi connectivity index (χ3n) is 6.34. The van der Waals surface area contributed by atoms with Gasteiger partial charge < -0.3 is 9.16 Å². The molecule has 0 heterocycles. The summed E-state index contributed by atoms with van der Waals surface area (Å²) in [6.45, 7) is 6.80. The molecule has 1 spiro atoms. The molecule has 122 valence electrons. The molecule has 2 rings (SSSR count). The van der Waals surface area contributed by atoms with Crippen molar-refractivity contribution in [2.75, 3.05) is 7.11 Å². The van der Waals surface area contributed by atoms with Gasteiger partial charge in [0.25, 0.3) is 0 Å². The zero-order valence-electron chi connectivity index (χ0n) is 14.2. The summed E-state index contributed by atoms with van der Waals surface area (Å²) >= 11 is 0. The van der Waals surface area contributed by atoms with Gasteiger partial charge in [-0.3, -0.25) is 4.79 Å². The van der Waals surface area contributed by atoms with E-state index >= 15 is 0 Å². The predicted molar refractivity (Wildman–Crippen MR) is 87.7 cm³/mol. The normalized spacial score (nSPS) is 28.2. The second-order valence-electron chi connectivity index (χ2n) is 7.02. The third-order valence-corrected chi connectivity index (χ3v) is 11.0. The first-order valence-electron chi connectivity index (χ1n) is 8.82. The molecule has 21 heavy (non-hydrogen) atoms. The van der Waals surface area contributed by atoms with Gasteiger partial charge in [0.2, 0.25) is 0 Å². The van der Waals surface area contributed by atoms with Gasteiger partial charge in [-0.15, -0.1) is 0 Å². The van der Waals surface area contributed by atoms with Crippen LogP contribution in [0.3, 0.4) is 0 Å². The van der Waals surface area contributed by atoms with E-state index in [4.69, 9.17) is 9.16 Å². The number of ether oxygens (including phenoxy) is 1. The van der Waals surface area contributed by atoms with Crippen molar-refractivity contribution in [3.05, 3.63) is 0 Å². The zero-order valence-corrected chi connectivity index (χ0v) is 15.2. The molecule has 0 amide bonds. The fourth-order valence-electron chi connectivity index (χ4n) is 4.65. The number of hydrogen-bond donors (Lipinski definition) is 0. The van der Waals surface area contributed by atoms with Crippen LogP contribution in [0.15, 0.2) is 0 Å². The second-order valence-corrected chi connectivity index (χ2v) is 11.7. The SMILES string of the molecule is CC[Si](CC)(CC)OC1C(C(=O)OC)CCC12CCCC2. The summed E-state index contributed by atoms with van der Waals surface area (Å²) in [6.07, 6.45) is 7.32. The molecule has 2 aliphatic carbocycles. The summed E-state index contributed by atoms with van der Waals surface area (Å²) in [5.41, 5.74) is 0.274. The van der Waals surface area contributed by atoms with E-state index in [-0.39, 0.29) is 23.4 Å². The molecule has 0 saturated heterocycles. The van der Waals surface area contributed by atoms with E-state index in [1.54, 1.807) is 0 Å². The number of carbonyl (C=O) groups is 1. The highest BCUT2D eigenvalue weighted by molar-refractivity contribution is 6.73. The summed E-state index contributed by atoms with van der Waals surface area (Å²) < 4.78 is 11.9. The van der Waals surface area contributed by atoms with Gasteiger partial charge in [-0.1, -0.05) is 33.6 Å². The van der Waals surface area contributed by atoms with Crippen molar-refractivity contribution in [1.82, 2.24) is 0 Å². The highest BCUT2D eigenvalue weighted by Gasteiger charge is 2.55. The standard InChI is InChI=1S/C17H32O3Si/c1-5-21(6-2,7-3)20-15-14(16(18)19-4)10-13-17(15)11-8-9-12-17/h14-15H,5-13H2,1-4H3. The summed E-state index contributed by atoms with van der Waals surface area (Å²) in [4.78, 5) is 12.2. The molecule has 2 atom stereocenters. The first-order valence-corrected chi connectivity index (χ1v) is 11.3. The first-order chi connectivity index (χ1) is 10.1. The lowest BCUT2D eigenvalue weighted by atomic mass is 9.81. The Balaban J connectivity index is 2.25. The minimum Gasteiger partial charge on any atom is -0.469 e. The van der Waals surface area contributed by atoms with Gasteiger partial charge in [0, 0.05) is 0 Å². The Bertz CT molecular complexity index is 351. The molecule has 3 nitrogen and oxygen atoms in total. The number of carbonyl (C=O) groups excluding carboxylic acids is 1. The molecule has 2 saturated carbocycles. The van der Waals surface area contributed by atoms with Crippen LogP contribution in [0.2, 0.25) is 18.1 Å². The van der Waals surface area contributed by atoms with Crippen molar-refractivity contribution in [3.63, 3.8) is 0 Å². The molecule has 0 N–H and O–H groups in total. The Kier molecular flexibility index (Phi) is 5.52. The van der Waals surface area contributed by atoms with Crippen molar-refractivity contribution in [2.24, 2.45) is 11.3 Å². The summed E-state index contributed by atoms with van der Waals surface area (Å²) in [5.74, 6) is -0.0698. The smallest absolute Gasteiger partial charge is 0.311 e. The quantitative estimate of drug-likeness (QED) is 0.534. The molecule has 2 fully saturated rings. The number of hydrogen-bond acceptors (Lipinski definition) is 3. The lowest BCUT2D eigenvalue weighted by molar-refractivity contribution is -0.149. The van der Waals surface area contributed by atoms with Gasteiger partial charge in [-0.2, -0.15) is 0 Å². The average Bonchev–Trinajstić information content (AvgIpc) is 3.13. The van der Waals surface area contributed by atoms with E-state index in [1.807, 2.05) is 0 Å². The van der Waals surface area contributed by atoms with Gasteiger partial charge in [-0.05, 0) is 49.2 Å². The monoisotopic (exact) mass is 312 g/mol. The molecular weight excluding hydrogens is 280 g/mol.